The van der Waals surface area contributed by atoms with Gasteiger partial charge in [-0.2, -0.15) is 0 Å². The molecule has 5 heteroatoms. The van der Waals surface area contributed by atoms with E-state index in [1.165, 1.54) is 0 Å². The van der Waals surface area contributed by atoms with Gasteiger partial charge < -0.3 is 21.3 Å². The second kappa shape index (κ2) is 83.5. The first-order valence-corrected chi connectivity index (χ1v) is 4.00. The molecular weight excluding hydrogens is 225 g/mol. The molecular formula is C8H28GeN4. The molecule has 0 saturated heterocycles. The van der Waals surface area contributed by atoms with Crippen LogP contribution in [0.3, 0.4) is 0 Å². The Bertz CT molecular complexity index is 24.1. The van der Waals surface area contributed by atoms with Gasteiger partial charge in [-0.15, -0.1) is 0 Å². The van der Waals surface area contributed by atoms with Crippen LogP contribution in [0.15, 0.2) is 0 Å². The first kappa shape index (κ1) is 29.2. The molecule has 0 amide bonds. The molecule has 0 aliphatic heterocycles. The number of hydrogen-bond acceptors (Lipinski definition) is 4. The fraction of sp³-hybridized carbons (Fsp3) is 1.00. The minimum absolute atomic E-state index is 0. The summed E-state index contributed by atoms with van der Waals surface area (Å²) in [7, 11) is 15.0. The van der Waals surface area contributed by atoms with Gasteiger partial charge >= 0.3 is 0 Å². The minimum Gasteiger partial charge on any atom is -0.323 e. The van der Waals surface area contributed by atoms with Crippen molar-refractivity contribution in [1.29, 1.82) is 0 Å². The van der Waals surface area contributed by atoms with E-state index in [0.717, 1.165) is 0 Å². The van der Waals surface area contributed by atoms with Gasteiger partial charge in [-0.1, -0.05) is 0 Å². The smallest absolute Gasteiger partial charge is 0 e. The Labute approximate surface area is 95.6 Å². The summed E-state index contributed by atoms with van der Waals surface area (Å²) < 4.78 is 0. The predicted molar refractivity (Wildman–Crippen MR) is 65.7 cm³/mol. The third kappa shape index (κ3) is 9110. The monoisotopic (exact) mass is 254 g/mol. The normalized spacial score (nSPS) is 5.54. The van der Waals surface area contributed by atoms with E-state index in [1.807, 2.05) is 56.4 Å². The molecule has 13 heavy (non-hydrogen) atoms. The Morgan fingerprint density at radius 3 is 0.385 bits per heavy atom. The summed E-state index contributed by atoms with van der Waals surface area (Å²) in [5.74, 6) is 0. The van der Waals surface area contributed by atoms with Crippen LogP contribution in [-0.2, 0) is 0 Å². The van der Waals surface area contributed by atoms with Gasteiger partial charge in [0.05, 0.1) is 0 Å². The Morgan fingerprint density at radius 1 is 0.385 bits per heavy atom. The van der Waals surface area contributed by atoms with Crippen LogP contribution in [0.2, 0.25) is 0 Å². The van der Waals surface area contributed by atoms with Crippen LogP contribution >= 0.6 is 0 Å². The van der Waals surface area contributed by atoms with E-state index in [0.29, 0.717) is 0 Å². The Kier molecular flexibility index (Phi) is 188. The molecule has 0 aromatic rings. The Balaban J connectivity index is -0.0000000213. The van der Waals surface area contributed by atoms with E-state index in [2.05, 4.69) is 21.3 Å². The molecule has 0 aromatic carbocycles. The van der Waals surface area contributed by atoms with Crippen molar-refractivity contribution < 1.29 is 0 Å². The molecule has 0 aromatic heterocycles. The molecule has 0 unspecified atom stereocenters. The average Bonchev–Trinajstić information content (AvgIpc) is 1.92. The summed E-state index contributed by atoms with van der Waals surface area (Å²) in [6.45, 7) is 0. The van der Waals surface area contributed by atoms with Crippen molar-refractivity contribution in [3.63, 3.8) is 0 Å². The molecule has 0 saturated carbocycles. The van der Waals surface area contributed by atoms with E-state index in [1.54, 1.807) is 0 Å². The third-order valence-corrected chi connectivity index (χ3v) is 0. The zero-order chi connectivity index (χ0) is 10.8. The summed E-state index contributed by atoms with van der Waals surface area (Å²) in [5.41, 5.74) is 0. The van der Waals surface area contributed by atoms with E-state index in [-0.39, 0.29) is 17.6 Å². The van der Waals surface area contributed by atoms with Crippen LogP contribution in [0.5, 0.6) is 0 Å². The Morgan fingerprint density at radius 2 is 0.385 bits per heavy atom. The first-order valence-electron chi connectivity index (χ1n) is 4.00. The summed E-state index contributed by atoms with van der Waals surface area (Å²) in [5, 5.41) is 11.0. The van der Waals surface area contributed by atoms with Crippen molar-refractivity contribution in [2.24, 2.45) is 0 Å². The fourth-order valence-electron chi connectivity index (χ4n) is 0. The first-order chi connectivity index (χ1) is 5.66. The molecule has 4 N–H and O–H groups in total. The van der Waals surface area contributed by atoms with Gasteiger partial charge in [0.1, 0.15) is 0 Å². The molecule has 0 rings (SSSR count). The van der Waals surface area contributed by atoms with Crippen molar-refractivity contribution in [3.8, 4) is 0 Å². The number of nitrogens with one attached hydrogen (secondary N) is 4. The summed E-state index contributed by atoms with van der Waals surface area (Å²) in [6, 6.07) is 0. The predicted octanol–water partition coefficient (Wildman–Crippen LogP) is -1.04. The molecule has 0 bridgehead atoms. The van der Waals surface area contributed by atoms with Crippen molar-refractivity contribution in [2.75, 3.05) is 56.4 Å². The average molecular weight is 253 g/mol. The van der Waals surface area contributed by atoms with Crippen molar-refractivity contribution in [2.45, 2.75) is 0 Å². The summed E-state index contributed by atoms with van der Waals surface area (Å²) in [4.78, 5) is 0. The quantitative estimate of drug-likeness (QED) is 0.416. The minimum atomic E-state index is 0. The second-order valence-corrected chi connectivity index (χ2v) is 2.00. The van der Waals surface area contributed by atoms with E-state index >= 15 is 0 Å². The van der Waals surface area contributed by atoms with Crippen molar-refractivity contribution in [1.82, 2.24) is 21.3 Å². The molecule has 0 heterocycles. The maximum Gasteiger partial charge on any atom is 0 e. The third-order valence-electron chi connectivity index (χ3n) is 0. The van der Waals surface area contributed by atoms with Crippen LogP contribution < -0.4 is 21.3 Å². The zero-order valence-electron chi connectivity index (χ0n) is 10.5. The van der Waals surface area contributed by atoms with Gasteiger partial charge in [0, 0.05) is 17.6 Å². The molecule has 4 nitrogen and oxygen atoms in total. The molecule has 84 valence electrons. The molecule has 0 fully saturated rings. The van der Waals surface area contributed by atoms with Gasteiger partial charge in [0.25, 0.3) is 0 Å². The van der Waals surface area contributed by atoms with Crippen LogP contribution in [-0.4, -0.2) is 74.0 Å². The molecule has 0 spiro atoms. The van der Waals surface area contributed by atoms with Crippen LogP contribution in [0, 0.1) is 0 Å². The maximum atomic E-state index is 2.75. The topological polar surface area (TPSA) is 48.1 Å². The number of hydrogen-bond donors (Lipinski definition) is 4. The Hall–Kier alpha value is 0.383. The number of rotatable bonds is 0. The molecule has 0 atom stereocenters. The molecule has 0 aliphatic rings. The molecule has 0 aliphatic carbocycles. The van der Waals surface area contributed by atoms with E-state index in [9.17, 15) is 0 Å². The van der Waals surface area contributed by atoms with Crippen LogP contribution in [0.25, 0.3) is 0 Å². The van der Waals surface area contributed by atoms with Gasteiger partial charge in [0.15, 0.2) is 0 Å². The maximum absolute atomic E-state index is 2.75. The fourth-order valence-corrected chi connectivity index (χ4v) is 0. The van der Waals surface area contributed by atoms with Crippen molar-refractivity contribution >= 4 is 17.6 Å². The van der Waals surface area contributed by atoms with Crippen LogP contribution in [0.1, 0.15) is 0 Å². The van der Waals surface area contributed by atoms with E-state index in [4.69, 9.17) is 0 Å². The van der Waals surface area contributed by atoms with Gasteiger partial charge in [-0.05, 0) is 56.4 Å². The van der Waals surface area contributed by atoms with Gasteiger partial charge in [0.2, 0.25) is 0 Å². The molecule has 4 radical (unpaired) electrons. The van der Waals surface area contributed by atoms with Gasteiger partial charge in [-0.25, -0.2) is 0 Å². The summed E-state index contributed by atoms with van der Waals surface area (Å²) >= 11 is 0. The summed E-state index contributed by atoms with van der Waals surface area (Å²) in [6.07, 6.45) is 0. The second-order valence-electron chi connectivity index (χ2n) is 2.00. The standard InChI is InChI=1S/4C2H7N.Ge/c4*1-3-2;/h4*3H,1-2H3;. The zero-order valence-corrected chi connectivity index (χ0v) is 12.6. The largest absolute Gasteiger partial charge is 0.323 e. The van der Waals surface area contributed by atoms with Gasteiger partial charge in [-0.3, -0.25) is 0 Å². The SMILES string of the molecule is CNC.CNC.CNC.CNC.[Ge]. The van der Waals surface area contributed by atoms with E-state index < -0.39 is 0 Å². The van der Waals surface area contributed by atoms with Crippen molar-refractivity contribution in [3.05, 3.63) is 0 Å². The van der Waals surface area contributed by atoms with Crippen LogP contribution in [0.4, 0.5) is 0 Å².